The van der Waals surface area contributed by atoms with Crippen LogP contribution in [-0.2, 0) is 17.9 Å². The first kappa shape index (κ1) is 25.3. The van der Waals surface area contributed by atoms with Crippen molar-refractivity contribution >= 4 is 40.6 Å². The lowest BCUT2D eigenvalue weighted by Crippen LogP contribution is -2.49. The van der Waals surface area contributed by atoms with Gasteiger partial charge in [0, 0.05) is 33.1 Å². The third kappa shape index (κ3) is 7.33. The number of amides is 3. The van der Waals surface area contributed by atoms with Gasteiger partial charge in [0.05, 0.1) is 6.54 Å². The number of anilines is 1. The van der Waals surface area contributed by atoms with Crippen LogP contribution >= 0.6 is 22.9 Å². The number of nitrogens with zero attached hydrogens (tertiary/aromatic N) is 2. The van der Waals surface area contributed by atoms with Crippen molar-refractivity contribution in [2.24, 2.45) is 0 Å². The van der Waals surface area contributed by atoms with E-state index < -0.39 is 0 Å². The minimum Gasteiger partial charge on any atom is -0.332 e. The molecule has 2 aromatic carbocycles. The molecule has 0 unspecified atom stereocenters. The van der Waals surface area contributed by atoms with E-state index in [4.69, 9.17) is 11.6 Å². The van der Waals surface area contributed by atoms with Crippen LogP contribution in [0.3, 0.4) is 0 Å². The number of hydrogen-bond acceptors (Lipinski definition) is 3. The summed E-state index contributed by atoms with van der Waals surface area (Å²) in [5, 5.41) is 3.52. The summed E-state index contributed by atoms with van der Waals surface area (Å²) >= 11 is 7.81. The Bertz CT molecular complexity index is 1130. The van der Waals surface area contributed by atoms with Crippen molar-refractivity contribution in [3.05, 3.63) is 87.1 Å². The zero-order valence-corrected chi connectivity index (χ0v) is 21.7. The molecule has 5 nitrogen and oxygen atoms in total. The van der Waals surface area contributed by atoms with E-state index in [1.54, 1.807) is 34.4 Å². The molecule has 0 aliphatic heterocycles. The molecule has 0 spiro atoms. The first-order chi connectivity index (χ1) is 17.0. The van der Waals surface area contributed by atoms with Gasteiger partial charge in [-0.15, -0.1) is 11.3 Å². The molecule has 1 N–H and O–H groups in total. The van der Waals surface area contributed by atoms with Gasteiger partial charge in [0.25, 0.3) is 0 Å². The van der Waals surface area contributed by atoms with Gasteiger partial charge in [0.2, 0.25) is 5.91 Å². The Balaban J connectivity index is 1.54. The lowest BCUT2D eigenvalue weighted by molar-refractivity contribution is -0.133. The number of urea groups is 1. The molecule has 0 radical (unpaired) electrons. The molecule has 0 atom stereocenters. The molecule has 0 saturated heterocycles. The smallest absolute Gasteiger partial charge is 0.322 e. The molecule has 1 fully saturated rings. The number of halogens is 1. The third-order valence-electron chi connectivity index (χ3n) is 6.37. The van der Waals surface area contributed by atoms with Gasteiger partial charge in [0.15, 0.2) is 0 Å². The van der Waals surface area contributed by atoms with Crippen molar-refractivity contribution in [2.45, 2.75) is 58.2 Å². The first-order valence-electron chi connectivity index (χ1n) is 12.2. The Morgan fingerprint density at radius 3 is 2.43 bits per heavy atom. The second-order valence-corrected chi connectivity index (χ2v) is 10.9. The Kier molecular flexibility index (Phi) is 8.83. The summed E-state index contributed by atoms with van der Waals surface area (Å²) in [7, 11) is 0. The Morgan fingerprint density at radius 2 is 1.74 bits per heavy atom. The van der Waals surface area contributed by atoms with Gasteiger partial charge < -0.3 is 15.1 Å². The lowest BCUT2D eigenvalue weighted by Gasteiger charge is -2.35. The van der Waals surface area contributed by atoms with Crippen LogP contribution < -0.4 is 5.32 Å². The highest BCUT2D eigenvalue weighted by Gasteiger charge is 2.29. The topological polar surface area (TPSA) is 52.7 Å². The second-order valence-electron chi connectivity index (χ2n) is 9.11. The minimum absolute atomic E-state index is 0.0493. The van der Waals surface area contributed by atoms with Crippen molar-refractivity contribution < 1.29 is 9.59 Å². The molecule has 1 aliphatic carbocycles. The van der Waals surface area contributed by atoms with Crippen LogP contribution in [-0.4, -0.2) is 34.3 Å². The third-order valence-corrected chi connectivity index (χ3v) is 7.59. The van der Waals surface area contributed by atoms with Crippen LogP contribution in [0.25, 0.3) is 0 Å². The van der Waals surface area contributed by atoms with E-state index >= 15 is 0 Å². The van der Waals surface area contributed by atoms with Gasteiger partial charge in [0.1, 0.15) is 6.54 Å². The largest absolute Gasteiger partial charge is 0.332 e. The van der Waals surface area contributed by atoms with Crippen LogP contribution in [0.4, 0.5) is 10.5 Å². The number of aryl methyl sites for hydroxylation is 1. The highest BCUT2D eigenvalue weighted by atomic mass is 35.5. The maximum absolute atomic E-state index is 13.7. The molecule has 1 aromatic heterocycles. The number of nitrogens with one attached hydrogen (secondary N) is 1. The number of thiophene rings is 1. The second kappa shape index (κ2) is 12.2. The van der Waals surface area contributed by atoms with Crippen LogP contribution in [0.1, 0.15) is 47.4 Å². The maximum Gasteiger partial charge on any atom is 0.322 e. The van der Waals surface area contributed by atoms with E-state index in [1.807, 2.05) is 41.3 Å². The van der Waals surface area contributed by atoms with Gasteiger partial charge in [-0.3, -0.25) is 4.79 Å². The Labute approximate surface area is 216 Å². The van der Waals surface area contributed by atoms with E-state index in [-0.39, 0.29) is 24.5 Å². The molecule has 7 heteroatoms. The predicted octanol–water partition coefficient (Wildman–Crippen LogP) is 7.11. The van der Waals surface area contributed by atoms with Crippen molar-refractivity contribution in [3.8, 4) is 0 Å². The fourth-order valence-corrected chi connectivity index (χ4v) is 5.66. The SMILES string of the molecule is Cc1ccc(CN(Cc2ccccc2)C(=O)CN(C(=O)Nc2cccc(Cl)c2)C2CCCCC2)s1. The first-order valence-corrected chi connectivity index (χ1v) is 13.4. The normalized spacial score (nSPS) is 13.9. The van der Waals surface area contributed by atoms with Crippen LogP contribution in [0.15, 0.2) is 66.7 Å². The Hall–Kier alpha value is -2.83. The standard InChI is InChI=1S/C28H32ClN3O2S/c1-21-15-16-26(35-21)19-31(18-22-9-4-2-5-10-22)27(33)20-32(25-13-6-3-7-14-25)28(34)30-24-12-8-11-23(29)17-24/h2,4-5,8-12,15-17,25H,3,6-7,13-14,18-20H2,1H3,(H,30,34). The van der Waals surface area contributed by atoms with Gasteiger partial charge in [-0.2, -0.15) is 0 Å². The van der Waals surface area contributed by atoms with Crippen molar-refractivity contribution in [1.29, 1.82) is 0 Å². The molecule has 4 rings (SSSR count). The highest BCUT2D eigenvalue weighted by molar-refractivity contribution is 7.11. The number of carbonyl (C=O) groups is 2. The van der Waals surface area contributed by atoms with Gasteiger partial charge in [-0.25, -0.2) is 4.79 Å². The molecule has 1 saturated carbocycles. The minimum atomic E-state index is -0.251. The Morgan fingerprint density at radius 1 is 0.971 bits per heavy atom. The summed E-state index contributed by atoms with van der Waals surface area (Å²) in [6, 6.07) is 21.1. The van der Waals surface area contributed by atoms with E-state index in [0.717, 1.165) is 36.1 Å². The number of rotatable bonds is 8. The fraction of sp³-hybridized carbons (Fsp3) is 0.357. The van der Waals surface area contributed by atoms with Crippen molar-refractivity contribution in [1.82, 2.24) is 9.80 Å². The van der Waals surface area contributed by atoms with Crippen LogP contribution in [0.5, 0.6) is 0 Å². The number of hydrogen-bond donors (Lipinski definition) is 1. The van der Waals surface area contributed by atoms with E-state index in [0.29, 0.717) is 23.8 Å². The molecule has 0 bridgehead atoms. The number of carbonyl (C=O) groups excluding carboxylic acids is 2. The van der Waals surface area contributed by atoms with E-state index in [1.165, 1.54) is 11.3 Å². The quantitative estimate of drug-likeness (QED) is 0.352. The molecule has 3 aromatic rings. The zero-order chi connectivity index (χ0) is 24.6. The summed E-state index contributed by atoms with van der Waals surface area (Å²) < 4.78 is 0. The predicted molar refractivity (Wildman–Crippen MR) is 144 cm³/mol. The average molecular weight is 510 g/mol. The molecule has 184 valence electrons. The monoisotopic (exact) mass is 509 g/mol. The van der Waals surface area contributed by atoms with Crippen molar-refractivity contribution in [3.63, 3.8) is 0 Å². The van der Waals surface area contributed by atoms with Crippen LogP contribution in [0, 0.1) is 6.92 Å². The van der Waals surface area contributed by atoms with Crippen LogP contribution in [0.2, 0.25) is 5.02 Å². The molecule has 35 heavy (non-hydrogen) atoms. The molecule has 1 heterocycles. The molecular formula is C28H32ClN3O2S. The average Bonchev–Trinajstić information content (AvgIpc) is 3.27. The number of benzene rings is 2. The summed E-state index contributed by atoms with van der Waals surface area (Å²) in [6.07, 6.45) is 5.15. The lowest BCUT2D eigenvalue weighted by atomic mass is 9.94. The summed E-state index contributed by atoms with van der Waals surface area (Å²) in [4.78, 5) is 33.1. The zero-order valence-electron chi connectivity index (χ0n) is 20.1. The molecule has 3 amide bonds. The maximum atomic E-state index is 13.7. The van der Waals surface area contributed by atoms with Gasteiger partial charge in [-0.05, 0) is 55.7 Å². The summed E-state index contributed by atoms with van der Waals surface area (Å²) in [6.45, 7) is 3.16. The molecule has 1 aliphatic rings. The fourth-order valence-electron chi connectivity index (χ4n) is 4.56. The van der Waals surface area contributed by atoms with Gasteiger partial charge in [-0.1, -0.05) is 67.3 Å². The summed E-state index contributed by atoms with van der Waals surface area (Å²) in [5.74, 6) is -0.0493. The van der Waals surface area contributed by atoms with E-state index in [9.17, 15) is 9.59 Å². The molecular weight excluding hydrogens is 478 g/mol. The van der Waals surface area contributed by atoms with Crippen molar-refractivity contribution in [2.75, 3.05) is 11.9 Å². The summed E-state index contributed by atoms with van der Waals surface area (Å²) in [5.41, 5.74) is 1.70. The highest BCUT2D eigenvalue weighted by Crippen LogP contribution is 2.25. The van der Waals surface area contributed by atoms with E-state index in [2.05, 4.69) is 24.4 Å². The van der Waals surface area contributed by atoms with Gasteiger partial charge >= 0.3 is 6.03 Å².